The zero-order chi connectivity index (χ0) is 10.2. The second-order valence-corrected chi connectivity index (χ2v) is 3.86. The molecule has 2 nitrogen and oxygen atoms in total. The van der Waals surface area contributed by atoms with Crippen molar-refractivity contribution in [2.45, 2.75) is 0 Å². The van der Waals surface area contributed by atoms with Crippen LogP contribution in [0.15, 0.2) is 15.0 Å². The van der Waals surface area contributed by atoms with Gasteiger partial charge in [-0.25, -0.2) is 13.6 Å². The molecule has 1 N–H and O–H groups in total. The van der Waals surface area contributed by atoms with Crippen LogP contribution in [0.2, 0.25) is 0 Å². The molecule has 0 heterocycles. The second kappa shape index (κ2) is 3.71. The average molecular weight is 316 g/mol. The lowest BCUT2D eigenvalue weighted by molar-refractivity contribution is 0.0686. The summed E-state index contributed by atoms with van der Waals surface area (Å²) in [6.45, 7) is 0. The molecule has 6 heteroatoms. The normalized spacial score (nSPS) is 10.2. The number of carbonyl (C=O) groups is 1. The van der Waals surface area contributed by atoms with E-state index in [-0.39, 0.29) is 8.95 Å². The van der Waals surface area contributed by atoms with Gasteiger partial charge in [0, 0.05) is 0 Å². The van der Waals surface area contributed by atoms with Crippen molar-refractivity contribution >= 4 is 37.8 Å². The molecule has 0 bridgehead atoms. The first kappa shape index (κ1) is 10.6. The summed E-state index contributed by atoms with van der Waals surface area (Å²) in [4.78, 5) is 10.4. The van der Waals surface area contributed by atoms with Crippen molar-refractivity contribution < 1.29 is 18.7 Å². The highest BCUT2D eigenvalue weighted by atomic mass is 79.9. The van der Waals surface area contributed by atoms with E-state index in [1.54, 1.807) is 0 Å². The molecule has 0 saturated carbocycles. The minimum absolute atomic E-state index is 0.0989. The minimum atomic E-state index is -1.64. The Labute approximate surface area is 88.8 Å². The maximum absolute atomic E-state index is 13.0. The van der Waals surface area contributed by atoms with Crippen molar-refractivity contribution in [1.82, 2.24) is 0 Å². The van der Waals surface area contributed by atoms with Gasteiger partial charge in [-0.2, -0.15) is 0 Å². The van der Waals surface area contributed by atoms with Crippen LogP contribution in [0.25, 0.3) is 0 Å². The van der Waals surface area contributed by atoms with E-state index >= 15 is 0 Å². The molecule has 0 aliphatic heterocycles. The predicted molar refractivity (Wildman–Crippen MR) is 48.7 cm³/mol. The maximum Gasteiger partial charge on any atom is 0.341 e. The van der Waals surface area contributed by atoms with Gasteiger partial charge in [0.2, 0.25) is 0 Å². The molecule has 0 aliphatic carbocycles. The van der Waals surface area contributed by atoms with Gasteiger partial charge in [-0.15, -0.1) is 0 Å². The lowest BCUT2D eigenvalue weighted by atomic mass is 10.2. The Balaban J connectivity index is 3.56. The first-order valence-corrected chi connectivity index (χ1v) is 4.60. The van der Waals surface area contributed by atoms with Gasteiger partial charge >= 0.3 is 5.97 Å². The highest BCUT2D eigenvalue weighted by Crippen LogP contribution is 2.28. The van der Waals surface area contributed by atoms with Crippen LogP contribution in [0, 0.1) is 11.6 Å². The Hall–Kier alpha value is -0.490. The molecule has 0 atom stereocenters. The lowest BCUT2D eigenvalue weighted by Gasteiger charge is -2.03. The number of halogens is 4. The van der Waals surface area contributed by atoms with Gasteiger partial charge in [0.05, 0.1) is 8.95 Å². The van der Waals surface area contributed by atoms with Crippen LogP contribution < -0.4 is 0 Å². The third kappa shape index (κ3) is 1.88. The molecule has 1 aromatic rings. The van der Waals surface area contributed by atoms with E-state index in [9.17, 15) is 13.6 Å². The highest BCUT2D eigenvalue weighted by Gasteiger charge is 2.21. The number of hydrogen-bond acceptors (Lipinski definition) is 1. The van der Waals surface area contributed by atoms with Crippen LogP contribution in [0.5, 0.6) is 0 Å². The number of hydrogen-bond donors (Lipinski definition) is 1. The molecule has 13 heavy (non-hydrogen) atoms. The summed E-state index contributed by atoms with van der Waals surface area (Å²) in [5, 5.41) is 8.47. The fourth-order valence-corrected chi connectivity index (χ4v) is 1.92. The van der Waals surface area contributed by atoms with Crippen LogP contribution in [0.3, 0.4) is 0 Å². The maximum atomic E-state index is 13.0. The summed E-state index contributed by atoms with van der Waals surface area (Å²) in [5.41, 5.74) is -0.971. The lowest BCUT2D eigenvalue weighted by Crippen LogP contribution is -2.05. The summed E-state index contributed by atoms with van der Waals surface area (Å²) in [7, 11) is 0. The van der Waals surface area contributed by atoms with E-state index in [0.29, 0.717) is 0 Å². The number of rotatable bonds is 1. The number of carboxylic acid groups (broad SMARTS) is 1. The molecule has 0 saturated heterocycles. The highest BCUT2D eigenvalue weighted by molar-refractivity contribution is 9.11. The van der Waals surface area contributed by atoms with Gasteiger partial charge < -0.3 is 5.11 Å². The summed E-state index contributed by atoms with van der Waals surface area (Å²) in [6, 6.07) is 1.11. The Kier molecular flexibility index (Phi) is 3.02. The van der Waals surface area contributed by atoms with Crippen molar-refractivity contribution in [2.75, 3.05) is 0 Å². The van der Waals surface area contributed by atoms with Crippen molar-refractivity contribution in [1.29, 1.82) is 0 Å². The van der Waals surface area contributed by atoms with Crippen LogP contribution in [-0.2, 0) is 0 Å². The van der Waals surface area contributed by atoms with Gasteiger partial charge in [-0.05, 0) is 37.9 Å². The average Bonchev–Trinajstić information content (AvgIpc) is 2.01. The number of benzene rings is 1. The molecule has 0 fully saturated rings. The first-order chi connectivity index (χ1) is 5.95. The molecule has 1 rings (SSSR count). The van der Waals surface area contributed by atoms with E-state index in [0.717, 1.165) is 6.07 Å². The van der Waals surface area contributed by atoms with Crippen molar-refractivity contribution in [2.24, 2.45) is 0 Å². The van der Waals surface area contributed by atoms with E-state index in [2.05, 4.69) is 31.9 Å². The van der Waals surface area contributed by atoms with E-state index in [1.165, 1.54) is 0 Å². The predicted octanol–water partition coefficient (Wildman–Crippen LogP) is 3.19. The van der Waals surface area contributed by atoms with Crippen LogP contribution in [0.1, 0.15) is 10.4 Å². The number of aromatic carboxylic acids is 1. The molecule has 0 aromatic heterocycles. The third-order valence-electron chi connectivity index (χ3n) is 1.33. The zero-order valence-corrected chi connectivity index (χ0v) is 9.12. The summed E-state index contributed by atoms with van der Waals surface area (Å²) in [6.07, 6.45) is 0. The minimum Gasteiger partial charge on any atom is -0.477 e. The second-order valence-electron chi connectivity index (χ2n) is 2.15. The molecule has 70 valence electrons. The fourth-order valence-electron chi connectivity index (χ4n) is 0.761. The van der Waals surface area contributed by atoms with Gasteiger partial charge in [0.25, 0.3) is 0 Å². The zero-order valence-electron chi connectivity index (χ0n) is 5.94. The van der Waals surface area contributed by atoms with Crippen molar-refractivity contribution in [3.05, 3.63) is 32.2 Å². The quantitative estimate of drug-likeness (QED) is 0.808. The molecule has 0 unspecified atom stereocenters. The largest absolute Gasteiger partial charge is 0.477 e. The Morgan fingerprint density at radius 1 is 1.23 bits per heavy atom. The molecule has 0 aliphatic rings. The Morgan fingerprint density at radius 2 is 1.62 bits per heavy atom. The van der Waals surface area contributed by atoms with Gasteiger partial charge in [0.1, 0.15) is 5.56 Å². The van der Waals surface area contributed by atoms with Gasteiger partial charge in [0.15, 0.2) is 11.6 Å². The summed E-state index contributed by atoms with van der Waals surface area (Å²) >= 11 is 5.53. The standard InChI is InChI=1S/C7H2Br2F2O2/c8-2-1-3(9)6(11)4(5(2)10)7(12)13/h1H,(H,12,13). The van der Waals surface area contributed by atoms with Crippen LogP contribution in [0.4, 0.5) is 8.78 Å². The molecular weight excluding hydrogens is 314 g/mol. The smallest absolute Gasteiger partial charge is 0.341 e. The van der Waals surface area contributed by atoms with Gasteiger partial charge in [-0.3, -0.25) is 0 Å². The monoisotopic (exact) mass is 314 g/mol. The Bertz CT molecular complexity index is 353. The molecule has 0 radical (unpaired) electrons. The third-order valence-corrected chi connectivity index (χ3v) is 2.48. The molecular formula is C7H2Br2F2O2. The summed E-state index contributed by atoms with van der Waals surface area (Å²) in [5.74, 6) is -3.88. The Morgan fingerprint density at radius 3 is 1.92 bits per heavy atom. The SMILES string of the molecule is O=C(O)c1c(F)c(Br)cc(Br)c1F. The number of carboxylic acids is 1. The van der Waals surface area contributed by atoms with E-state index < -0.39 is 23.2 Å². The van der Waals surface area contributed by atoms with Crippen LogP contribution >= 0.6 is 31.9 Å². The van der Waals surface area contributed by atoms with Gasteiger partial charge in [-0.1, -0.05) is 0 Å². The van der Waals surface area contributed by atoms with E-state index in [4.69, 9.17) is 5.11 Å². The molecule has 0 amide bonds. The summed E-state index contributed by atoms with van der Waals surface area (Å²) < 4.78 is 25.8. The first-order valence-electron chi connectivity index (χ1n) is 3.01. The fraction of sp³-hybridized carbons (Fsp3) is 0. The molecule has 0 spiro atoms. The van der Waals surface area contributed by atoms with Crippen LogP contribution in [-0.4, -0.2) is 11.1 Å². The van der Waals surface area contributed by atoms with E-state index in [1.807, 2.05) is 0 Å². The molecule has 1 aromatic carbocycles. The van der Waals surface area contributed by atoms with Crippen molar-refractivity contribution in [3.63, 3.8) is 0 Å². The van der Waals surface area contributed by atoms with Crippen molar-refractivity contribution in [3.8, 4) is 0 Å². The topological polar surface area (TPSA) is 37.3 Å².